The molecule has 2 aromatic rings. The molecule has 2 rings (SSSR count). The van der Waals surface area contributed by atoms with Crippen molar-refractivity contribution in [1.82, 2.24) is 9.78 Å². The van der Waals surface area contributed by atoms with E-state index >= 15 is 0 Å². The van der Waals surface area contributed by atoms with Gasteiger partial charge in [0.1, 0.15) is 11.9 Å². The lowest BCUT2D eigenvalue weighted by molar-refractivity contribution is -0.385. The fourth-order valence-electron chi connectivity index (χ4n) is 1.89. The van der Waals surface area contributed by atoms with Crippen LogP contribution < -0.4 is 4.74 Å². The van der Waals surface area contributed by atoms with Crippen LogP contribution >= 0.6 is 11.6 Å². The lowest BCUT2D eigenvalue weighted by atomic mass is 10.1. The highest BCUT2D eigenvalue weighted by Gasteiger charge is 2.25. The molecule has 22 heavy (non-hydrogen) atoms. The van der Waals surface area contributed by atoms with Crippen molar-refractivity contribution in [2.45, 2.75) is 20.6 Å². The molecule has 0 amide bonds. The van der Waals surface area contributed by atoms with Gasteiger partial charge in [0.2, 0.25) is 5.69 Å². The number of carboxylic acid groups (broad SMARTS) is 1. The summed E-state index contributed by atoms with van der Waals surface area (Å²) in [5.41, 5.74) is 0.445. The van der Waals surface area contributed by atoms with Crippen molar-refractivity contribution in [2.24, 2.45) is 0 Å². The Balaban J connectivity index is 2.20. The number of halogens is 1. The van der Waals surface area contributed by atoms with E-state index in [0.717, 1.165) is 22.0 Å². The fourth-order valence-corrected chi connectivity index (χ4v) is 2.00. The van der Waals surface area contributed by atoms with Crippen LogP contribution in [-0.2, 0) is 6.73 Å². The zero-order valence-corrected chi connectivity index (χ0v) is 12.5. The Morgan fingerprint density at radius 2 is 2.05 bits per heavy atom. The number of carboxylic acids is 1. The molecule has 0 aliphatic carbocycles. The first kappa shape index (κ1) is 15.8. The molecule has 0 unspecified atom stereocenters. The summed E-state index contributed by atoms with van der Waals surface area (Å²) < 4.78 is 6.52. The van der Waals surface area contributed by atoms with Crippen molar-refractivity contribution in [3.63, 3.8) is 0 Å². The van der Waals surface area contributed by atoms with Gasteiger partial charge < -0.3 is 9.84 Å². The first-order valence-corrected chi connectivity index (χ1v) is 6.52. The monoisotopic (exact) mass is 325 g/mol. The van der Waals surface area contributed by atoms with Crippen LogP contribution in [0, 0.1) is 24.0 Å². The fraction of sp³-hybridized carbons (Fsp3) is 0.231. The van der Waals surface area contributed by atoms with Gasteiger partial charge in [-0.3, -0.25) is 10.1 Å². The van der Waals surface area contributed by atoms with Crippen molar-refractivity contribution >= 4 is 23.3 Å². The largest absolute Gasteiger partial charge is 0.476 e. The Morgan fingerprint density at radius 1 is 1.45 bits per heavy atom. The Kier molecular flexibility index (Phi) is 4.32. The molecule has 8 nitrogen and oxygen atoms in total. The second-order valence-electron chi connectivity index (χ2n) is 4.61. The van der Waals surface area contributed by atoms with E-state index in [-0.39, 0.29) is 6.73 Å². The lowest BCUT2D eigenvalue weighted by Crippen LogP contribution is -2.08. The molecule has 0 bridgehead atoms. The summed E-state index contributed by atoms with van der Waals surface area (Å²) in [5.74, 6) is -0.960. The predicted octanol–water partition coefficient (Wildman–Crippen LogP) is 2.80. The first-order valence-electron chi connectivity index (χ1n) is 6.14. The molecule has 1 N–H and O–H groups in total. The van der Waals surface area contributed by atoms with E-state index in [0.29, 0.717) is 10.8 Å². The molecule has 0 radical (unpaired) electrons. The minimum Gasteiger partial charge on any atom is -0.476 e. The minimum absolute atomic E-state index is 0.158. The number of aryl methyl sites for hydroxylation is 2. The van der Waals surface area contributed by atoms with Crippen LogP contribution in [0.1, 0.15) is 21.6 Å². The predicted molar refractivity (Wildman–Crippen MR) is 77.4 cm³/mol. The normalized spacial score (nSPS) is 10.5. The maximum absolute atomic E-state index is 10.9. The van der Waals surface area contributed by atoms with E-state index in [2.05, 4.69) is 5.10 Å². The van der Waals surface area contributed by atoms with Gasteiger partial charge in [0.05, 0.1) is 4.92 Å². The van der Waals surface area contributed by atoms with Gasteiger partial charge in [0, 0.05) is 5.02 Å². The summed E-state index contributed by atoms with van der Waals surface area (Å²) in [6, 6.07) is 3.43. The van der Waals surface area contributed by atoms with Crippen LogP contribution in [0.15, 0.2) is 18.3 Å². The molecular weight excluding hydrogens is 314 g/mol. The molecule has 0 aliphatic heterocycles. The number of aromatic nitrogens is 2. The van der Waals surface area contributed by atoms with Crippen LogP contribution in [0.25, 0.3) is 0 Å². The first-order chi connectivity index (χ1) is 10.3. The SMILES string of the molecule is Cc1cc(OCn2cc([N+](=O)[O-])c(C(=O)O)n2)cc(C)c1Cl. The van der Waals surface area contributed by atoms with E-state index in [1.165, 1.54) is 0 Å². The van der Waals surface area contributed by atoms with Gasteiger partial charge in [-0.2, -0.15) is 5.10 Å². The molecule has 116 valence electrons. The van der Waals surface area contributed by atoms with E-state index in [9.17, 15) is 14.9 Å². The highest BCUT2D eigenvalue weighted by molar-refractivity contribution is 6.32. The minimum atomic E-state index is -1.47. The number of carbonyl (C=O) groups is 1. The topological polar surface area (TPSA) is 107 Å². The molecule has 1 heterocycles. The number of nitrogens with zero attached hydrogens (tertiary/aromatic N) is 3. The maximum Gasteiger partial charge on any atom is 0.363 e. The third-order valence-electron chi connectivity index (χ3n) is 2.92. The summed E-state index contributed by atoms with van der Waals surface area (Å²) in [4.78, 5) is 20.9. The molecule has 0 saturated carbocycles. The lowest BCUT2D eigenvalue weighted by Gasteiger charge is -2.09. The van der Waals surface area contributed by atoms with Crippen LogP contribution in [0.3, 0.4) is 0 Å². The Labute approximate surface area is 130 Å². The van der Waals surface area contributed by atoms with Crippen molar-refractivity contribution in [1.29, 1.82) is 0 Å². The average molecular weight is 326 g/mol. The number of aromatic carboxylic acids is 1. The summed E-state index contributed by atoms with van der Waals surface area (Å²) in [7, 11) is 0. The third-order valence-corrected chi connectivity index (χ3v) is 3.51. The summed E-state index contributed by atoms with van der Waals surface area (Å²) >= 11 is 6.05. The summed E-state index contributed by atoms with van der Waals surface area (Å²) in [6.45, 7) is 3.49. The van der Waals surface area contributed by atoms with Crippen LogP contribution in [0.4, 0.5) is 5.69 Å². The van der Waals surface area contributed by atoms with E-state index < -0.39 is 22.3 Å². The molecule has 9 heteroatoms. The third kappa shape index (κ3) is 3.17. The van der Waals surface area contributed by atoms with Gasteiger partial charge in [-0.1, -0.05) is 11.6 Å². The number of hydrogen-bond donors (Lipinski definition) is 1. The van der Waals surface area contributed by atoms with Gasteiger partial charge >= 0.3 is 11.7 Å². The zero-order chi connectivity index (χ0) is 16.4. The van der Waals surface area contributed by atoms with Crippen LogP contribution in [0.5, 0.6) is 5.75 Å². The second kappa shape index (κ2) is 6.02. The molecular formula is C13H12ClN3O5. The quantitative estimate of drug-likeness (QED) is 0.669. The summed E-state index contributed by atoms with van der Waals surface area (Å²) in [5, 5.41) is 23.9. The standard InChI is InChI=1S/C13H12ClN3O5/c1-7-3-9(4-8(2)11(7)14)22-6-16-5-10(17(20)21)12(15-16)13(18)19/h3-5H,6H2,1-2H3,(H,18,19). The van der Waals surface area contributed by atoms with Crippen molar-refractivity contribution in [3.05, 3.63) is 50.3 Å². The zero-order valence-electron chi connectivity index (χ0n) is 11.7. The second-order valence-corrected chi connectivity index (χ2v) is 4.99. The van der Waals surface area contributed by atoms with Crippen LogP contribution in [-0.4, -0.2) is 25.8 Å². The maximum atomic E-state index is 10.9. The van der Waals surface area contributed by atoms with E-state index in [4.69, 9.17) is 21.4 Å². The molecule has 0 aliphatic rings. The molecule has 1 aromatic carbocycles. The number of benzene rings is 1. The number of nitro groups is 1. The molecule has 1 aromatic heterocycles. The van der Waals surface area contributed by atoms with Gasteiger partial charge in [-0.05, 0) is 37.1 Å². The smallest absolute Gasteiger partial charge is 0.363 e. The average Bonchev–Trinajstić information content (AvgIpc) is 2.87. The van der Waals surface area contributed by atoms with Gasteiger partial charge in [0.25, 0.3) is 0 Å². The Hall–Kier alpha value is -2.61. The van der Waals surface area contributed by atoms with Gasteiger partial charge in [-0.25, -0.2) is 9.48 Å². The van der Waals surface area contributed by atoms with Crippen molar-refractivity contribution < 1.29 is 19.6 Å². The number of hydrogen-bond acceptors (Lipinski definition) is 5. The molecule has 0 atom stereocenters. The Bertz CT molecular complexity index is 702. The highest BCUT2D eigenvalue weighted by Crippen LogP contribution is 2.26. The number of rotatable bonds is 5. The summed E-state index contributed by atoms with van der Waals surface area (Å²) in [6.07, 6.45) is 1.01. The van der Waals surface area contributed by atoms with Crippen LogP contribution in [0.2, 0.25) is 5.02 Å². The van der Waals surface area contributed by atoms with E-state index in [1.54, 1.807) is 12.1 Å². The Morgan fingerprint density at radius 3 is 2.50 bits per heavy atom. The van der Waals surface area contributed by atoms with Crippen molar-refractivity contribution in [2.75, 3.05) is 0 Å². The number of ether oxygens (including phenoxy) is 1. The van der Waals surface area contributed by atoms with Gasteiger partial charge in [-0.15, -0.1) is 0 Å². The van der Waals surface area contributed by atoms with E-state index in [1.807, 2.05) is 13.8 Å². The molecule has 0 saturated heterocycles. The molecule has 0 spiro atoms. The highest BCUT2D eigenvalue weighted by atomic mass is 35.5. The molecule has 0 fully saturated rings. The van der Waals surface area contributed by atoms with Crippen molar-refractivity contribution in [3.8, 4) is 5.75 Å². The van der Waals surface area contributed by atoms with Gasteiger partial charge in [0.15, 0.2) is 6.73 Å².